The van der Waals surface area contributed by atoms with Crippen LogP contribution in [0.25, 0.3) is 0 Å². The van der Waals surface area contributed by atoms with E-state index in [4.69, 9.17) is 9.47 Å². The Morgan fingerprint density at radius 1 is 1.23 bits per heavy atom. The summed E-state index contributed by atoms with van der Waals surface area (Å²) in [6, 6.07) is -1.72. The zero-order valence-corrected chi connectivity index (χ0v) is 22.8. The lowest BCUT2D eigenvalue weighted by atomic mass is 9.98. The number of hydrogen-bond donors (Lipinski definition) is 3. The summed E-state index contributed by atoms with van der Waals surface area (Å²) in [7, 11) is 2.99. The molecule has 1 aliphatic carbocycles. The molecule has 2 heterocycles. The minimum Gasteiger partial charge on any atom is -0.493 e. The number of rotatable bonds is 9. The number of amides is 4. The molecule has 0 aromatic rings. The van der Waals surface area contributed by atoms with E-state index in [9.17, 15) is 32.8 Å². The molecule has 3 rings (SSSR count). The number of hydrogen-bond acceptors (Lipinski definition) is 7. The van der Waals surface area contributed by atoms with Gasteiger partial charge in [0, 0.05) is 31.8 Å². The van der Waals surface area contributed by atoms with Gasteiger partial charge in [-0.3, -0.25) is 24.0 Å². The summed E-state index contributed by atoms with van der Waals surface area (Å²) in [5.74, 6) is -4.31. The van der Waals surface area contributed by atoms with E-state index >= 15 is 0 Å². The van der Waals surface area contributed by atoms with Crippen LogP contribution in [-0.2, 0) is 33.4 Å². The number of alkyl halides is 2. The van der Waals surface area contributed by atoms with Crippen LogP contribution in [0.5, 0.6) is 0 Å². The molecular weight excluding hydrogens is 518 g/mol. The number of allylic oxidation sites excluding steroid dienone is 2. The predicted molar refractivity (Wildman–Crippen MR) is 138 cm³/mol. The van der Waals surface area contributed by atoms with Crippen LogP contribution in [0.4, 0.5) is 8.78 Å². The number of nitrogens with zero attached hydrogens (tertiary/aromatic N) is 1. The monoisotopic (exact) mass is 556 g/mol. The molecule has 3 unspecified atom stereocenters. The van der Waals surface area contributed by atoms with E-state index < -0.39 is 36.6 Å². The van der Waals surface area contributed by atoms with E-state index in [2.05, 4.69) is 22.5 Å². The van der Waals surface area contributed by atoms with Crippen LogP contribution in [-0.4, -0.2) is 86.7 Å². The molecule has 0 aromatic heterocycles. The molecule has 3 atom stereocenters. The fourth-order valence-corrected chi connectivity index (χ4v) is 3.98. The Labute approximate surface area is 227 Å². The van der Waals surface area contributed by atoms with Gasteiger partial charge in [0.05, 0.1) is 20.8 Å². The largest absolute Gasteiger partial charge is 0.493 e. The molecule has 2 saturated heterocycles. The predicted octanol–water partition coefficient (Wildman–Crippen LogP) is 1.21. The SMILES string of the molecule is C=CC.CCNC(=O)C1CCC(=O)N1.COC1=CCC(CNC(=O)C(=O)C2CC(F)(F)CN2C=O)C=C1OC. The van der Waals surface area contributed by atoms with Crippen molar-refractivity contribution < 1.29 is 42.2 Å². The molecule has 2 fully saturated rings. The average Bonchev–Trinajstić information content (AvgIpc) is 3.49. The average molecular weight is 557 g/mol. The van der Waals surface area contributed by atoms with Crippen LogP contribution in [0.15, 0.2) is 36.3 Å². The molecule has 0 spiro atoms. The standard InChI is InChI=1S/C16H20F2N2O5.C7H12N2O2.C3H6/c1-24-12-4-3-10(5-13(12)25-2)7-19-15(23)14(22)11-6-16(17,18)8-20(11)9-21;1-2-8-7(11)5-3-4-6(10)9-5;1-3-2/h4-5,9-11H,3,6-8H2,1-2H3,(H,19,23);5H,2-4H2,1H3,(H,8,11)(H,9,10);3H,1H2,2H3. The number of methoxy groups -OCH3 is 2. The summed E-state index contributed by atoms with van der Waals surface area (Å²) in [4.78, 5) is 57.3. The Hall–Kier alpha value is -3.77. The molecule has 218 valence electrons. The van der Waals surface area contributed by atoms with E-state index in [0.29, 0.717) is 42.2 Å². The Bertz CT molecular complexity index is 968. The van der Waals surface area contributed by atoms with Gasteiger partial charge in [0.15, 0.2) is 11.5 Å². The van der Waals surface area contributed by atoms with Crippen molar-refractivity contribution in [2.24, 2.45) is 5.92 Å². The maximum Gasteiger partial charge on any atom is 0.289 e. The molecular formula is C26H38F2N4O7. The van der Waals surface area contributed by atoms with Gasteiger partial charge in [-0.2, -0.15) is 0 Å². The van der Waals surface area contributed by atoms with E-state index in [0.717, 1.165) is 0 Å². The maximum absolute atomic E-state index is 13.4. The van der Waals surface area contributed by atoms with E-state index in [-0.39, 0.29) is 36.7 Å². The summed E-state index contributed by atoms with van der Waals surface area (Å²) in [5, 5.41) is 7.67. The Kier molecular flexibility index (Phi) is 13.9. The highest BCUT2D eigenvalue weighted by molar-refractivity contribution is 6.38. The van der Waals surface area contributed by atoms with Gasteiger partial charge in [-0.25, -0.2) is 8.78 Å². The first-order valence-corrected chi connectivity index (χ1v) is 12.5. The van der Waals surface area contributed by atoms with Crippen LogP contribution < -0.4 is 16.0 Å². The highest BCUT2D eigenvalue weighted by Gasteiger charge is 2.49. The molecule has 2 aliphatic heterocycles. The number of ketones is 1. The third kappa shape index (κ3) is 10.5. The maximum atomic E-state index is 13.4. The molecule has 3 aliphatic rings. The van der Waals surface area contributed by atoms with Gasteiger partial charge in [-0.15, -0.1) is 6.58 Å². The lowest BCUT2D eigenvalue weighted by molar-refractivity contribution is -0.141. The Balaban J connectivity index is 0.000000450. The Morgan fingerprint density at radius 3 is 2.38 bits per heavy atom. The van der Waals surface area contributed by atoms with Crippen molar-refractivity contribution in [1.82, 2.24) is 20.9 Å². The summed E-state index contributed by atoms with van der Waals surface area (Å²) in [6.07, 6.45) is 6.30. The number of likely N-dealkylation sites (tertiary alicyclic amines) is 1. The highest BCUT2D eigenvalue weighted by Crippen LogP contribution is 2.31. The summed E-state index contributed by atoms with van der Waals surface area (Å²) in [6.45, 7) is 7.00. The minimum atomic E-state index is -3.16. The number of carbonyl (C=O) groups excluding carboxylic acids is 5. The van der Waals surface area contributed by atoms with Gasteiger partial charge < -0.3 is 30.3 Å². The first-order chi connectivity index (χ1) is 18.5. The zero-order chi connectivity index (χ0) is 29.6. The normalized spacial score (nSPS) is 22.8. The van der Waals surface area contributed by atoms with Crippen molar-refractivity contribution in [3.8, 4) is 0 Å². The van der Waals surface area contributed by atoms with Crippen LogP contribution in [0.3, 0.4) is 0 Å². The van der Waals surface area contributed by atoms with E-state index in [1.54, 1.807) is 18.2 Å². The van der Waals surface area contributed by atoms with Gasteiger partial charge >= 0.3 is 0 Å². The number of ether oxygens (including phenoxy) is 2. The second kappa shape index (κ2) is 16.2. The number of likely N-dealkylation sites (N-methyl/N-ethyl adjacent to an activating group) is 1. The molecule has 0 saturated carbocycles. The van der Waals surface area contributed by atoms with Crippen LogP contribution in [0, 0.1) is 5.92 Å². The van der Waals surface area contributed by atoms with E-state index in [1.165, 1.54) is 14.2 Å². The lowest BCUT2D eigenvalue weighted by Gasteiger charge is -2.21. The smallest absolute Gasteiger partial charge is 0.289 e. The third-order valence-corrected chi connectivity index (χ3v) is 5.83. The van der Waals surface area contributed by atoms with E-state index in [1.807, 2.05) is 13.8 Å². The Morgan fingerprint density at radius 2 is 1.87 bits per heavy atom. The van der Waals surface area contributed by atoms with Gasteiger partial charge in [0.2, 0.25) is 24.0 Å². The molecule has 0 aromatic carbocycles. The number of halogens is 2. The van der Waals surface area contributed by atoms with Gasteiger partial charge in [0.25, 0.3) is 11.8 Å². The number of Topliss-reactive ketones (excluding diaryl/α,β-unsaturated/α-hetero) is 1. The third-order valence-electron chi connectivity index (χ3n) is 5.83. The summed E-state index contributed by atoms with van der Waals surface area (Å²) >= 11 is 0. The quantitative estimate of drug-likeness (QED) is 0.220. The van der Waals surface area contributed by atoms with Crippen LogP contribution in [0.1, 0.15) is 39.5 Å². The summed E-state index contributed by atoms with van der Waals surface area (Å²) in [5.41, 5.74) is 0. The first kappa shape index (κ1) is 33.3. The molecule has 0 bridgehead atoms. The fourth-order valence-electron chi connectivity index (χ4n) is 3.98. The minimum absolute atomic E-state index is 0.0266. The van der Waals surface area contributed by atoms with Crippen molar-refractivity contribution >= 4 is 29.9 Å². The van der Waals surface area contributed by atoms with Crippen molar-refractivity contribution in [2.75, 3.05) is 33.9 Å². The summed E-state index contributed by atoms with van der Waals surface area (Å²) < 4.78 is 37.0. The van der Waals surface area contributed by atoms with Gasteiger partial charge in [-0.05, 0) is 38.8 Å². The van der Waals surface area contributed by atoms with Gasteiger partial charge in [-0.1, -0.05) is 6.08 Å². The zero-order valence-electron chi connectivity index (χ0n) is 22.8. The fraction of sp³-hybridized carbons (Fsp3) is 0.577. The number of nitrogens with one attached hydrogen (secondary N) is 3. The van der Waals surface area contributed by atoms with Crippen molar-refractivity contribution in [3.05, 3.63) is 36.3 Å². The number of carbonyl (C=O) groups is 5. The highest BCUT2D eigenvalue weighted by atomic mass is 19.3. The van der Waals surface area contributed by atoms with Gasteiger partial charge in [0.1, 0.15) is 12.1 Å². The van der Waals surface area contributed by atoms with Crippen molar-refractivity contribution in [1.29, 1.82) is 0 Å². The van der Waals surface area contributed by atoms with Crippen LogP contribution in [0.2, 0.25) is 0 Å². The first-order valence-electron chi connectivity index (χ1n) is 12.5. The second-order valence-electron chi connectivity index (χ2n) is 8.89. The molecule has 0 radical (unpaired) electrons. The van der Waals surface area contributed by atoms with Crippen molar-refractivity contribution in [2.45, 2.75) is 57.5 Å². The molecule has 39 heavy (non-hydrogen) atoms. The van der Waals surface area contributed by atoms with Crippen molar-refractivity contribution in [3.63, 3.8) is 0 Å². The lowest BCUT2D eigenvalue weighted by Crippen LogP contribution is -2.45. The molecule has 13 heteroatoms. The van der Waals surface area contributed by atoms with Crippen LogP contribution >= 0.6 is 0 Å². The molecule has 11 nitrogen and oxygen atoms in total. The second-order valence-corrected chi connectivity index (χ2v) is 8.89. The molecule has 4 amide bonds. The topological polar surface area (TPSA) is 143 Å². The molecule has 3 N–H and O–H groups in total.